The van der Waals surface area contributed by atoms with Gasteiger partial charge in [-0.1, -0.05) is 20.8 Å². The molecule has 2 unspecified atom stereocenters. The molecule has 27 heavy (non-hydrogen) atoms. The van der Waals surface area contributed by atoms with Gasteiger partial charge in [-0.15, -0.1) is 34.2 Å². The molecule has 156 valence electrons. The highest BCUT2D eigenvalue weighted by atomic mass is 127. The second-order valence-electron chi connectivity index (χ2n) is 7.56. The number of aromatic nitrogens is 3. The predicted octanol–water partition coefficient (Wildman–Crippen LogP) is 3.00. The zero-order valence-electron chi connectivity index (χ0n) is 17.3. The summed E-state index contributed by atoms with van der Waals surface area (Å²) in [6.07, 6.45) is 7.57. The molecule has 8 heteroatoms. The fourth-order valence-corrected chi connectivity index (χ4v) is 3.06. The number of rotatable bonds is 10. The molecule has 0 spiro atoms. The number of halogens is 1. The topological polar surface area (TPSA) is 76.4 Å². The number of guanidine groups is 1. The molecule has 2 atom stereocenters. The second kappa shape index (κ2) is 13.3. The summed E-state index contributed by atoms with van der Waals surface area (Å²) < 4.78 is 7.79. The summed E-state index contributed by atoms with van der Waals surface area (Å²) in [6.45, 7) is 12.1. The lowest BCUT2D eigenvalue weighted by Gasteiger charge is -2.20. The van der Waals surface area contributed by atoms with Crippen molar-refractivity contribution in [2.75, 3.05) is 19.7 Å². The van der Waals surface area contributed by atoms with Crippen LogP contribution in [0.3, 0.4) is 0 Å². The van der Waals surface area contributed by atoms with Crippen molar-refractivity contribution in [3.63, 3.8) is 0 Å². The molecule has 7 nitrogen and oxygen atoms in total. The maximum Gasteiger partial charge on any atom is 0.191 e. The first-order valence-electron chi connectivity index (χ1n) is 10.1. The fraction of sp³-hybridized carbons (Fsp3) is 0.842. The molecule has 1 aliphatic heterocycles. The molecule has 0 amide bonds. The van der Waals surface area contributed by atoms with Crippen LogP contribution in [0.1, 0.15) is 59.2 Å². The molecule has 0 aliphatic carbocycles. The van der Waals surface area contributed by atoms with E-state index < -0.39 is 0 Å². The Morgan fingerprint density at radius 1 is 1.37 bits per heavy atom. The van der Waals surface area contributed by atoms with Gasteiger partial charge < -0.3 is 19.9 Å². The van der Waals surface area contributed by atoms with E-state index in [1.54, 1.807) is 6.33 Å². The van der Waals surface area contributed by atoms with Gasteiger partial charge in [0.25, 0.3) is 0 Å². The lowest BCUT2D eigenvalue weighted by Crippen LogP contribution is -2.44. The second-order valence-corrected chi connectivity index (χ2v) is 7.56. The van der Waals surface area contributed by atoms with E-state index in [4.69, 9.17) is 9.73 Å². The Balaban J connectivity index is 0.00000364. The maximum absolute atomic E-state index is 5.70. The Morgan fingerprint density at radius 3 is 2.85 bits per heavy atom. The standard InChI is InChI=1S/C19H36N6O.HI/c1-5-18-24-22-14-25(18)11-10-20-19(21-13-17-7-6-12-26-17)23-16(4)9-8-15(2)3;/h14-17H,5-13H2,1-4H3,(H2,20,21,23);1H. The smallest absolute Gasteiger partial charge is 0.191 e. The summed E-state index contributed by atoms with van der Waals surface area (Å²) in [7, 11) is 0. The lowest BCUT2D eigenvalue weighted by molar-refractivity contribution is 0.117. The van der Waals surface area contributed by atoms with Crippen molar-refractivity contribution in [3.8, 4) is 0 Å². The Hall–Kier alpha value is -0.900. The van der Waals surface area contributed by atoms with Crippen LogP contribution in [0, 0.1) is 5.92 Å². The van der Waals surface area contributed by atoms with Crippen LogP contribution in [-0.4, -0.2) is 52.6 Å². The molecule has 0 saturated carbocycles. The molecule has 2 rings (SSSR count). The van der Waals surface area contributed by atoms with Gasteiger partial charge in [0.15, 0.2) is 5.96 Å². The van der Waals surface area contributed by atoms with Gasteiger partial charge in [0.2, 0.25) is 0 Å². The molecule has 2 heterocycles. The van der Waals surface area contributed by atoms with Crippen molar-refractivity contribution in [1.82, 2.24) is 25.4 Å². The number of ether oxygens (including phenoxy) is 1. The Morgan fingerprint density at radius 2 is 2.19 bits per heavy atom. The van der Waals surface area contributed by atoms with Crippen molar-refractivity contribution in [2.24, 2.45) is 10.9 Å². The maximum atomic E-state index is 5.70. The number of nitrogens with zero attached hydrogens (tertiary/aromatic N) is 4. The summed E-state index contributed by atoms with van der Waals surface area (Å²) in [5.74, 6) is 2.62. The van der Waals surface area contributed by atoms with Crippen molar-refractivity contribution in [3.05, 3.63) is 12.2 Å². The number of nitrogens with one attached hydrogen (secondary N) is 2. The molecular weight excluding hydrogens is 455 g/mol. The third-order valence-electron chi connectivity index (χ3n) is 4.69. The minimum absolute atomic E-state index is 0. The quantitative estimate of drug-likeness (QED) is 0.299. The van der Waals surface area contributed by atoms with Gasteiger partial charge >= 0.3 is 0 Å². The average molecular weight is 492 g/mol. The van der Waals surface area contributed by atoms with Gasteiger partial charge in [0, 0.05) is 32.2 Å². The third-order valence-corrected chi connectivity index (χ3v) is 4.69. The molecule has 1 aromatic rings. The highest BCUT2D eigenvalue weighted by Crippen LogP contribution is 2.12. The van der Waals surface area contributed by atoms with E-state index in [9.17, 15) is 0 Å². The van der Waals surface area contributed by atoms with Crippen molar-refractivity contribution in [2.45, 2.75) is 78.5 Å². The van der Waals surface area contributed by atoms with E-state index in [1.807, 2.05) is 0 Å². The van der Waals surface area contributed by atoms with Gasteiger partial charge in [-0.2, -0.15) is 0 Å². The molecule has 2 N–H and O–H groups in total. The van der Waals surface area contributed by atoms with Gasteiger partial charge in [0.1, 0.15) is 12.2 Å². The molecule has 0 aromatic carbocycles. The monoisotopic (exact) mass is 492 g/mol. The van der Waals surface area contributed by atoms with Gasteiger partial charge in [-0.05, 0) is 38.5 Å². The molecule has 0 bridgehead atoms. The third kappa shape index (κ3) is 9.23. The van der Waals surface area contributed by atoms with Gasteiger partial charge in [-0.3, -0.25) is 4.99 Å². The number of hydrogen-bond acceptors (Lipinski definition) is 4. The summed E-state index contributed by atoms with van der Waals surface area (Å²) in [5.41, 5.74) is 0. The largest absolute Gasteiger partial charge is 0.376 e. The van der Waals surface area contributed by atoms with Crippen molar-refractivity contribution in [1.29, 1.82) is 0 Å². The van der Waals surface area contributed by atoms with Crippen LogP contribution in [0.25, 0.3) is 0 Å². The van der Waals surface area contributed by atoms with Crippen LogP contribution in [0.15, 0.2) is 11.3 Å². The zero-order chi connectivity index (χ0) is 18.8. The van der Waals surface area contributed by atoms with Crippen LogP contribution in [-0.2, 0) is 17.7 Å². The average Bonchev–Trinajstić information content (AvgIpc) is 3.29. The molecular formula is C19H37IN6O. The van der Waals surface area contributed by atoms with E-state index in [-0.39, 0.29) is 30.1 Å². The molecule has 1 aliphatic rings. The van der Waals surface area contributed by atoms with Gasteiger partial charge in [0.05, 0.1) is 12.6 Å². The first-order valence-corrected chi connectivity index (χ1v) is 10.1. The summed E-state index contributed by atoms with van der Waals surface area (Å²) in [4.78, 5) is 4.76. The minimum Gasteiger partial charge on any atom is -0.376 e. The lowest BCUT2D eigenvalue weighted by atomic mass is 10.0. The SMILES string of the molecule is CCc1nncn1CCNC(=NCC1CCCO1)NC(C)CCC(C)C.I. The molecule has 0 radical (unpaired) electrons. The summed E-state index contributed by atoms with van der Waals surface area (Å²) in [6, 6.07) is 0.397. The minimum atomic E-state index is 0. The number of hydrogen-bond donors (Lipinski definition) is 2. The molecule has 1 aromatic heterocycles. The number of aliphatic imine (C=N–C) groups is 1. The summed E-state index contributed by atoms with van der Waals surface area (Å²) >= 11 is 0. The van der Waals surface area contributed by atoms with E-state index >= 15 is 0 Å². The predicted molar refractivity (Wildman–Crippen MR) is 121 cm³/mol. The normalized spacial score (nSPS) is 18.4. The molecule has 1 saturated heterocycles. The Labute approximate surface area is 181 Å². The van der Waals surface area contributed by atoms with Crippen LogP contribution in [0.4, 0.5) is 0 Å². The highest BCUT2D eigenvalue weighted by Gasteiger charge is 2.15. The van der Waals surface area contributed by atoms with Crippen LogP contribution in [0.5, 0.6) is 0 Å². The van der Waals surface area contributed by atoms with E-state index in [0.717, 1.165) is 69.6 Å². The van der Waals surface area contributed by atoms with Crippen LogP contribution >= 0.6 is 24.0 Å². The Bertz CT molecular complexity index is 542. The van der Waals surface area contributed by atoms with E-state index in [0.29, 0.717) is 6.04 Å². The summed E-state index contributed by atoms with van der Waals surface area (Å²) in [5, 5.41) is 15.1. The van der Waals surface area contributed by atoms with Crippen molar-refractivity contribution < 1.29 is 4.74 Å². The van der Waals surface area contributed by atoms with Crippen LogP contribution < -0.4 is 10.6 Å². The Kier molecular flexibility index (Phi) is 11.9. The van der Waals surface area contributed by atoms with E-state index in [2.05, 4.69) is 53.1 Å². The van der Waals surface area contributed by atoms with Gasteiger partial charge in [-0.25, -0.2) is 0 Å². The number of aryl methyl sites for hydroxylation is 1. The first kappa shape index (κ1) is 24.1. The fourth-order valence-electron chi connectivity index (χ4n) is 3.06. The first-order chi connectivity index (χ1) is 12.6. The van der Waals surface area contributed by atoms with Crippen LogP contribution in [0.2, 0.25) is 0 Å². The highest BCUT2D eigenvalue weighted by molar-refractivity contribution is 14.0. The van der Waals surface area contributed by atoms with E-state index in [1.165, 1.54) is 6.42 Å². The van der Waals surface area contributed by atoms with Crippen molar-refractivity contribution >= 4 is 29.9 Å². The zero-order valence-corrected chi connectivity index (χ0v) is 19.6. The molecule has 1 fully saturated rings.